The Morgan fingerprint density at radius 3 is 2.86 bits per heavy atom. The van der Waals surface area contributed by atoms with E-state index in [1.807, 2.05) is 0 Å². The van der Waals surface area contributed by atoms with Crippen molar-refractivity contribution >= 4 is 33.2 Å². The molecule has 1 aromatic rings. The van der Waals surface area contributed by atoms with Crippen molar-refractivity contribution in [1.82, 2.24) is 9.62 Å². The molecule has 0 bridgehead atoms. The first-order chi connectivity index (χ1) is 9.92. The molecule has 1 amide bonds. The molecular formula is C12H16N2O5S2. The molecule has 1 saturated heterocycles. The smallest absolute Gasteiger partial charge is 0.326 e. The molecule has 1 atom stereocenters. The van der Waals surface area contributed by atoms with Crippen LogP contribution in [-0.2, 0) is 19.6 Å². The lowest BCUT2D eigenvalue weighted by Gasteiger charge is -2.21. The number of rotatable bonds is 6. The van der Waals surface area contributed by atoms with E-state index in [0.29, 0.717) is 19.4 Å². The van der Waals surface area contributed by atoms with Gasteiger partial charge in [-0.1, -0.05) is 6.07 Å². The first kappa shape index (κ1) is 15.9. The van der Waals surface area contributed by atoms with Gasteiger partial charge in [0, 0.05) is 19.5 Å². The van der Waals surface area contributed by atoms with E-state index in [-0.39, 0.29) is 23.1 Å². The van der Waals surface area contributed by atoms with Crippen molar-refractivity contribution in [3.63, 3.8) is 0 Å². The number of sulfonamides is 1. The largest absolute Gasteiger partial charge is 0.480 e. The molecule has 0 aliphatic carbocycles. The number of nitrogens with one attached hydrogen (secondary N) is 1. The fourth-order valence-corrected chi connectivity index (χ4v) is 4.31. The van der Waals surface area contributed by atoms with Crippen LogP contribution in [0.25, 0.3) is 0 Å². The van der Waals surface area contributed by atoms with Gasteiger partial charge in [0.05, 0.1) is 0 Å². The molecule has 7 nitrogen and oxygen atoms in total. The number of likely N-dealkylation sites (tertiary alicyclic amines) is 1. The van der Waals surface area contributed by atoms with E-state index in [9.17, 15) is 18.0 Å². The van der Waals surface area contributed by atoms with E-state index in [4.69, 9.17) is 5.11 Å². The number of hydrogen-bond acceptors (Lipinski definition) is 5. The van der Waals surface area contributed by atoms with Crippen LogP contribution in [0.3, 0.4) is 0 Å². The summed E-state index contributed by atoms with van der Waals surface area (Å²) in [6, 6.07) is 2.33. The normalized spacial score (nSPS) is 18.9. The molecule has 21 heavy (non-hydrogen) atoms. The zero-order chi connectivity index (χ0) is 15.5. The molecule has 0 unspecified atom stereocenters. The van der Waals surface area contributed by atoms with Crippen molar-refractivity contribution in [2.75, 3.05) is 13.1 Å². The van der Waals surface area contributed by atoms with Crippen LogP contribution in [0.2, 0.25) is 0 Å². The van der Waals surface area contributed by atoms with Gasteiger partial charge in [-0.15, -0.1) is 11.3 Å². The monoisotopic (exact) mass is 332 g/mol. The Morgan fingerprint density at radius 2 is 2.24 bits per heavy atom. The molecule has 116 valence electrons. The highest BCUT2D eigenvalue weighted by Gasteiger charge is 2.33. The number of carbonyl (C=O) groups excluding carboxylic acids is 1. The van der Waals surface area contributed by atoms with E-state index in [2.05, 4.69) is 4.72 Å². The maximum absolute atomic E-state index is 12.0. The predicted octanol–water partition coefficient (Wildman–Crippen LogP) is 0.492. The van der Waals surface area contributed by atoms with Crippen LogP contribution in [0.4, 0.5) is 0 Å². The summed E-state index contributed by atoms with van der Waals surface area (Å²) in [5.74, 6) is -1.35. The third kappa shape index (κ3) is 3.80. The van der Waals surface area contributed by atoms with E-state index in [0.717, 1.165) is 11.3 Å². The minimum Gasteiger partial charge on any atom is -0.480 e. The molecule has 1 aliphatic heterocycles. The van der Waals surface area contributed by atoms with Gasteiger partial charge >= 0.3 is 5.97 Å². The molecule has 0 spiro atoms. The Bertz CT molecular complexity index is 612. The molecule has 2 rings (SSSR count). The Kier molecular flexibility index (Phi) is 4.96. The van der Waals surface area contributed by atoms with Gasteiger partial charge in [-0.05, 0) is 24.3 Å². The Labute approximate surface area is 126 Å². The van der Waals surface area contributed by atoms with Crippen molar-refractivity contribution in [2.24, 2.45) is 0 Å². The number of nitrogens with zero attached hydrogens (tertiary/aromatic N) is 1. The van der Waals surface area contributed by atoms with Gasteiger partial charge in [-0.3, -0.25) is 4.79 Å². The first-order valence-corrected chi connectivity index (χ1v) is 8.83. The summed E-state index contributed by atoms with van der Waals surface area (Å²) >= 11 is 1.09. The predicted molar refractivity (Wildman–Crippen MR) is 76.5 cm³/mol. The second-order valence-corrected chi connectivity index (χ2v) is 7.60. The summed E-state index contributed by atoms with van der Waals surface area (Å²) in [5, 5.41) is 10.7. The van der Waals surface area contributed by atoms with Crippen LogP contribution in [0.5, 0.6) is 0 Å². The number of amides is 1. The quantitative estimate of drug-likeness (QED) is 0.789. The molecule has 1 fully saturated rings. The van der Waals surface area contributed by atoms with Crippen molar-refractivity contribution < 1.29 is 23.1 Å². The van der Waals surface area contributed by atoms with Gasteiger partial charge < -0.3 is 10.0 Å². The van der Waals surface area contributed by atoms with Crippen LogP contribution in [0, 0.1) is 0 Å². The lowest BCUT2D eigenvalue weighted by molar-refractivity contribution is -0.148. The van der Waals surface area contributed by atoms with Crippen LogP contribution in [-0.4, -0.2) is 49.4 Å². The zero-order valence-corrected chi connectivity index (χ0v) is 12.8. The van der Waals surface area contributed by atoms with Gasteiger partial charge in [-0.25, -0.2) is 17.9 Å². The summed E-state index contributed by atoms with van der Waals surface area (Å²) in [4.78, 5) is 24.3. The average molecular weight is 332 g/mol. The molecule has 0 radical (unpaired) electrons. The van der Waals surface area contributed by atoms with Crippen LogP contribution < -0.4 is 4.72 Å². The van der Waals surface area contributed by atoms with Crippen LogP contribution >= 0.6 is 11.3 Å². The SMILES string of the molecule is O=C(O)[C@@H]1CCCN1C(=O)CCNS(=O)(=O)c1cccs1. The molecule has 2 heterocycles. The summed E-state index contributed by atoms with van der Waals surface area (Å²) in [5.41, 5.74) is 0. The topological polar surface area (TPSA) is 104 Å². The molecule has 0 aromatic carbocycles. The number of carbonyl (C=O) groups is 2. The third-order valence-corrected chi connectivity index (χ3v) is 6.11. The number of hydrogen-bond donors (Lipinski definition) is 2. The second-order valence-electron chi connectivity index (χ2n) is 4.66. The first-order valence-electron chi connectivity index (χ1n) is 6.47. The van der Waals surface area contributed by atoms with E-state index in [1.165, 1.54) is 11.0 Å². The standard InChI is InChI=1S/C12H16N2O5S2/c15-10(14-7-1-3-9(14)12(16)17)5-6-13-21(18,19)11-4-2-8-20-11/h2,4,8-9,13H,1,3,5-7H2,(H,16,17)/t9-/m0/s1. The number of aliphatic carboxylic acids is 1. The highest BCUT2D eigenvalue weighted by atomic mass is 32.2. The van der Waals surface area contributed by atoms with Crippen molar-refractivity contribution in [3.8, 4) is 0 Å². The fraction of sp³-hybridized carbons (Fsp3) is 0.500. The van der Waals surface area contributed by atoms with Crippen molar-refractivity contribution in [2.45, 2.75) is 29.5 Å². The third-order valence-electron chi connectivity index (χ3n) is 3.25. The lowest BCUT2D eigenvalue weighted by atomic mass is 10.2. The molecule has 2 N–H and O–H groups in total. The number of carboxylic acid groups (broad SMARTS) is 1. The lowest BCUT2D eigenvalue weighted by Crippen LogP contribution is -2.41. The molecule has 9 heteroatoms. The van der Waals surface area contributed by atoms with Gasteiger partial charge in [0.15, 0.2) is 0 Å². The van der Waals surface area contributed by atoms with Gasteiger partial charge in [0.2, 0.25) is 15.9 Å². The fourth-order valence-electron chi connectivity index (χ4n) is 2.25. The minimum absolute atomic E-state index is 0.0398. The molecule has 0 saturated carbocycles. The van der Waals surface area contributed by atoms with Crippen molar-refractivity contribution in [3.05, 3.63) is 17.5 Å². The number of thiophene rings is 1. The van der Waals surface area contributed by atoms with Gasteiger partial charge in [0.1, 0.15) is 10.3 Å². The van der Waals surface area contributed by atoms with E-state index in [1.54, 1.807) is 11.4 Å². The summed E-state index contributed by atoms with van der Waals surface area (Å²) in [6.07, 6.45) is 1.06. The average Bonchev–Trinajstić information content (AvgIpc) is 3.10. The maximum Gasteiger partial charge on any atom is 0.326 e. The molecule has 1 aromatic heterocycles. The van der Waals surface area contributed by atoms with E-state index >= 15 is 0 Å². The van der Waals surface area contributed by atoms with Gasteiger partial charge in [-0.2, -0.15) is 0 Å². The van der Waals surface area contributed by atoms with Crippen molar-refractivity contribution in [1.29, 1.82) is 0 Å². The Morgan fingerprint density at radius 1 is 1.48 bits per heavy atom. The summed E-state index contributed by atoms with van der Waals surface area (Å²) < 4.78 is 26.2. The Balaban J connectivity index is 1.86. The molecular weight excluding hydrogens is 316 g/mol. The highest BCUT2D eigenvalue weighted by molar-refractivity contribution is 7.91. The maximum atomic E-state index is 12.0. The second kappa shape index (κ2) is 6.54. The summed E-state index contributed by atoms with van der Waals surface area (Å²) in [6.45, 7) is 0.370. The number of carboxylic acids is 1. The van der Waals surface area contributed by atoms with Crippen LogP contribution in [0.15, 0.2) is 21.7 Å². The molecule has 1 aliphatic rings. The minimum atomic E-state index is -3.58. The Hall–Kier alpha value is -1.45. The zero-order valence-electron chi connectivity index (χ0n) is 11.2. The highest BCUT2D eigenvalue weighted by Crippen LogP contribution is 2.18. The van der Waals surface area contributed by atoms with Crippen LogP contribution in [0.1, 0.15) is 19.3 Å². The van der Waals surface area contributed by atoms with E-state index < -0.39 is 22.0 Å². The summed E-state index contributed by atoms with van der Waals surface area (Å²) in [7, 11) is -3.58. The van der Waals surface area contributed by atoms with Gasteiger partial charge in [0.25, 0.3) is 0 Å².